The van der Waals surface area contributed by atoms with Gasteiger partial charge in [0.2, 0.25) is 5.91 Å². The van der Waals surface area contributed by atoms with Crippen LogP contribution in [0.4, 0.5) is 24.5 Å². The molecule has 0 fully saturated rings. The number of aliphatic hydroxyl groups is 1. The minimum atomic E-state index is -4.58. The molecule has 0 aromatic heterocycles. The highest BCUT2D eigenvalue weighted by Gasteiger charge is 2.33. The third-order valence-corrected chi connectivity index (χ3v) is 2.63. The standard InChI is InChI=1S/C13H18F3N3O2/c1-8(20)6-19(2)7-12(21)18-9-3-4-11(17)10(5-9)13(14,15)16/h3-5,8,20H,6-7,17H2,1-2H3,(H,18,21). The monoisotopic (exact) mass is 305 g/mol. The van der Waals surface area contributed by atoms with E-state index in [-0.39, 0.29) is 18.8 Å². The van der Waals surface area contributed by atoms with Gasteiger partial charge in [0.1, 0.15) is 0 Å². The number of nitrogens with two attached hydrogens (primary N) is 1. The number of anilines is 2. The molecule has 0 saturated carbocycles. The molecule has 0 saturated heterocycles. The average molecular weight is 305 g/mol. The number of halogens is 3. The first-order valence-electron chi connectivity index (χ1n) is 6.22. The minimum absolute atomic E-state index is 0.0203. The lowest BCUT2D eigenvalue weighted by Crippen LogP contribution is -2.34. The van der Waals surface area contributed by atoms with E-state index in [1.54, 1.807) is 18.9 Å². The number of nitrogens with zero attached hydrogens (tertiary/aromatic N) is 1. The van der Waals surface area contributed by atoms with Crippen molar-refractivity contribution >= 4 is 17.3 Å². The molecule has 0 aliphatic carbocycles. The predicted molar refractivity (Wildman–Crippen MR) is 73.7 cm³/mol. The molecule has 0 heterocycles. The summed E-state index contributed by atoms with van der Waals surface area (Å²) < 4.78 is 38.1. The molecule has 0 aliphatic rings. The number of rotatable bonds is 5. The van der Waals surface area contributed by atoms with E-state index in [0.717, 1.165) is 12.1 Å². The Bertz CT molecular complexity index is 504. The highest BCUT2D eigenvalue weighted by atomic mass is 19.4. The Morgan fingerprint density at radius 3 is 2.62 bits per heavy atom. The zero-order valence-electron chi connectivity index (χ0n) is 11.7. The number of nitrogen functional groups attached to an aromatic ring is 1. The van der Waals surface area contributed by atoms with E-state index < -0.39 is 29.4 Å². The Morgan fingerprint density at radius 2 is 2.10 bits per heavy atom. The molecule has 1 aromatic carbocycles. The zero-order valence-corrected chi connectivity index (χ0v) is 11.7. The molecular weight excluding hydrogens is 287 g/mol. The van der Waals surface area contributed by atoms with Crippen molar-refractivity contribution in [2.75, 3.05) is 31.2 Å². The molecular formula is C13H18F3N3O2. The molecule has 0 radical (unpaired) electrons. The first-order valence-corrected chi connectivity index (χ1v) is 6.22. The van der Waals surface area contributed by atoms with E-state index in [9.17, 15) is 18.0 Å². The molecule has 0 aliphatic heterocycles. The Hall–Kier alpha value is -1.80. The number of hydrogen-bond donors (Lipinski definition) is 3. The molecule has 8 heteroatoms. The van der Waals surface area contributed by atoms with Gasteiger partial charge >= 0.3 is 6.18 Å². The molecule has 0 spiro atoms. The molecule has 0 bridgehead atoms. The molecule has 4 N–H and O–H groups in total. The topological polar surface area (TPSA) is 78.6 Å². The van der Waals surface area contributed by atoms with E-state index >= 15 is 0 Å². The average Bonchev–Trinajstić information content (AvgIpc) is 2.28. The van der Waals surface area contributed by atoms with Crippen molar-refractivity contribution in [3.63, 3.8) is 0 Å². The first kappa shape index (κ1) is 17.3. The molecule has 1 atom stereocenters. The van der Waals surface area contributed by atoms with Crippen molar-refractivity contribution in [3.8, 4) is 0 Å². The smallest absolute Gasteiger partial charge is 0.398 e. The second kappa shape index (κ2) is 6.77. The maximum Gasteiger partial charge on any atom is 0.418 e. The van der Waals surface area contributed by atoms with Crippen LogP contribution in [-0.4, -0.2) is 42.2 Å². The van der Waals surface area contributed by atoms with Gasteiger partial charge in [0.15, 0.2) is 0 Å². The summed E-state index contributed by atoms with van der Waals surface area (Å²) in [6.07, 6.45) is -5.18. The molecule has 5 nitrogen and oxygen atoms in total. The third-order valence-electron chi connectivity index (χ3n) is 2.63. The normalized spacial score (nSPS) is 13.3. The van der Waals surface area contributed by atoms with Gasteiger partial charge in [-0.2, -0.15) is 13.2 Å². The number of nitrogens with one attached hydrogen (secondary N) is 1. The van der Waals surface area contributed by atoms with Crippen molar-refractivity contribution in [1.82, 2.24) is 4.90 Å². The largest absolute Gasteiger partial charge is 0.418 e. The van der Waals surface area contributed by atoms with E-state index in [0.29, 0.717) is 0 Å². The zero-order chi connectivity index (χ0) is 16.2. The van der Waals surface area contributed by atoms with Crippen LogP contribution in [0.25, 0.3) is 0 Å². The number of aliphatic hydroxyl groups excluding tert-OH is 1. The van der Waals surface area contributed by atoms with Gasteiger partial charge in [-0.3, -0.25) is 9.69 Å². The van der Waals surface area contributed by atoms with Crippen LogP contribution in [0.3, 0.4) is 0 Å². The number of benzene rings is 1. The van der Waals surface area contributed by atoms with Gasteiger partial charge in [0.05, 0.1) is 18.2 Å². The molecule has 1 amide bonds. The fourth-order valence-corrected chi connectivity index (χ4v) is 1.84. The van der Waals surface area contributed by atoms with Crippen molar-refractivity contribution in [1.29, 1.82) is 0 Å². The SMILES string of the molecule is CC(O)CN(C)CC(=O)Nc1ccc(N)c(C(F)(F)F)c1. The van der Waals surface area contributed by atoms with Crippen molar-refractivity contribution in [2.24, 2.45) is 0 Å². The first-order chi connectivity index (χ1) is 9.59. The van der Waals surface area contributed by atoms with Crippen LogP contribution in [0, 0.1) is 0 Å². The van der Waals surface area contributed by atoms with Crippen molar-refractivity contribution in [3.05, 3.63) is 23.8 Å². The van der Waals surface area contributed by atoms with E-state index in [1.165, 1.54) is 6.07 Å². The van der Waals surface area contributed by atoms with Gasteiger partial charge in [-0.25, -0.2) is 0 Å². The Morgan fingerprint density at radius 1 is 1.48 bits per heavy atom. The molecule has 1 rings (SSSR count). The van der Waals surface area contributed by atoms with Gasteiger partial charge in [-0.1, -0.05) is 0 Å². The van der Waals surface area contributed by atoms with Crippen LogP contribution in [0.15, 0.2) is 18.2 Å². The van der Waals surface area contributed by atoms with E-state index in [2.05, 4.69) is 5.32 Å². The summed E-state index contributed by atoms with van der Waals surface area (Å²) in [7, 11) is 1.62. The fourth-order valence-electron chi connectivity index (χ4n) is 1.84. The molecule has 1 aromatic rings. The van der Waals surface area contributed by atoms with Crippen LogP contribution in [0.2, 0.25) is 0 Å². The summed E-state index contributed by atoms with van der Waals surface area (Å²) in [4.78, 5) is 13.3. The summed E-state index contributed by atoms with van der Waals surface area (Å²) in [6, 6.07) is 3.19. The number of likely N-dealkylation sites (N-methyl/N-ethyl adjacent to an activating group) is 1. The van der Waals surface area contributed by atoms with Crippen molar-refractivity contribution in [2.45, 2.75) is 19.2 Å². The quantitative estimate of drug-likeness (QED) is 0.721. The van der Waals surface area contributed by atoms with Gasteiger partial charge in [-0.15, -0.1) is 0 Å². The Balaban J connectivity index is 2.73. The second-order valence-electron chi connectivity index (χ2n) is 4.89. The lowest BCUT2D eigenvalue weighted by atomic mass is 10.1. The maximum absolute atomic E-state index is 12.7. The Labute approximate surface area is 120 Å². The van der Waals surface area contributed by atoms with E-state index in [4.69, 9.17) is 10.8 Å². The van der Waals surface area contributed by atoms with Crippen LogP contribution in [0.1, 0.15) is 12.5 Å². The summed E-state index contributed by atoms with van der Waals surface area (Å²) in [5.74, 6) is -0.476. The van der Waals surface area contributed by atoms with Crippen LogP contribution in [-0.2, 0) is 11.0 Å². The van der Waals surface area contributed by atoms with Crippen molar-refractivity contribution < 1.29 is 23.1 Å². The molecule has 21 heavy (non-hydrogen) atoms. The third kappa shape index (κ3) is 5.60. The number of carbonyl (C=O) groups excluding carboxylic acids is 1. The Kier molecular flexibility index (Phi) is 5.56. The predicted octanol–water partition coefficient (Wildman–Crippen LogP) is 1.54. The minimum Gasteiger partial charge on any atom is -0.398 e. The number of alkyl halides is 3. The number of carbonyl (C=O) groups is 1. The number of amides is 1. The van der Waals surface area contributed by atoms with Gasteiger partial charge in [0.25, 0.3) is 0 Å². The van der Waals surface area contributed by atoms with Crippen LogP contribution in [0.5, 0.6) is 0 Å². The van der Waals surface area contributed by atoms with E-state index in [1.807, 2.05) is 0 Å². The van der Waals surface area contributed by atoms with Gasteiger partial charge in [0, 0.05) is 17.9 Å². The second-order valence-corrected chi connectivity index (χ2v) is 4.89. The summed E-state index contributed by atoms with van der Waals surface area (Å²) in [5.41, 5.74) is 3.91. The summed E-state index contributed by atoms with van der Waals surface area (Å²) in [6.45, 7) is 1.81. The highest BCUT2D eigenvalue weighted by Crippen LogP contribution is 2.35. The highest BCUT2D eigenvalue weighted by molar-refractivity contribution is 5.92. The molecule has 1 unspecified atom stereocenters. The number of hydrogen-bond acceptors (Lipinski definition) is 4. The summed E-state index contributed by atoms with van der Waals surface area (Å²) in [5, 5.41) is 11.5. The van der Waals surface area contributed by atoms with Gasteiger partial charge < -0.3 is 16.2 Å². The fraction of sp³-hybridized carbons (Fsp3) is 0.462. The lowest BCUT2D eigenvalue weighted by molar-refractivity contribution is -0.137. The molecule has 118 valence electrons. The van der Waals surface area contributed by atoms with Crippen LogP contribution < -0.4 is 11.1 Å². The summed E-state index contributed by atoms with van der Waals surface area (Å²) >= 11 is 0. The van der Waals surface area contributed by atoms with Gasteiger partial charge in [-0.05, 0) is 32.2 Å². The maximum atomic E-state index is 12.7. The lowest BCUT2D eigenvalue weighted by Gasteiger charge is -2.18. The van der Waals surface area contributed by atoms with Crippen LogP contribution >= 0.6 is 0 Å².